The summed E-state index contributed by atoms with van der Waals surface area (Å²) in [6, 6.07) is 16.9. The zero-order valence-electron chi connectivity index (χ0n) is 13.4. The second-order valence-electron chi connectivity index (χ2n) is 5.36. The molecule has 0 N–H and O–H groups in total. The van der Waals surface area contributed by atoms with Crippen molar-refractivity contribution in [2.45, 2.75) is 0 Å². The van der Waals surface area contributed by atoms with Gasteiger partial charge in [0.1, 0.15) is 5.01 Å². The number of benzene rings is 2. The van der Waals surface area contributed by atoms with Crippen molar-refractivity contribution in [3.8, 4) is 0 Å². The van der Waals surface area contributed by atoms with Crippen LogP contribution in [0.1, 0.15) is 10.6 Å². The maximum atomic E-state index is 4.63. The molecule has 0 bridgehead atoms. The van der Waals surface area contributed by atoms with Crippen LogP contribution in [0.4, 0.5) is 5.69 Å². The smallest absolute Gasteiger partial charge is 0.117 e. The molecular weight excluding hydrogens is 320 g/mol. The van der Waals surface area contributed by atoms with Gasteiger partial charge in [0.05, 0.1) is 10.2 Å². The van der Waals surface area contributed by atoms with Gasteiger partial charge in [0.2, 0.25) is 0 Å². The van der Waals surface area contributed by atoms with Gasteiger partial charge in [-0.3, -0.25) is 0 Å². The fourth-order valence-electron chi connectivity index (χ4n) is 2.33. The van der Waals surface area contributed by atoms with Crippen LogP contribution < -0.4 is 4.90 Å². The van der Waals surface area contributed by atoms with Crippen molar-refractivity contribution < 1.29 is 0 Å². The summed E-state index contributed by atoms with van der Waals surface area (Å²) >= 11 is 3.60. The van der Waals surface area contributed by atoms with Gasteiger partial charge < -0.3 is 4.90 Å². The standard InChI is InChI=1S/C19H20N2S2/c1-21(13-14-22-2)16-10-7-15(8-11-16)9-12-19-20-17-5-3-4-6-18(17)23-19/h3-12H,13-14H2,1-2H3/b12-9+. The minimum atomic E-state index is 1.05. The van der Waals surface area contributed by atoms with E-state index in [4.69, 9.17) is 0 Å². The number of hydrogen-bond donors (Lipinski definition) is 0. The fraction of sp³-hybridized carbons (Fsp3) is 0.211. The molecular formula is C19H20N2S2. The number of fused-ring (bicyclic) bond motifs is 1. The van der Waals surface area contributed by atoms with Crippen LogP contribution in [-0.4, -0.2) is 30.6 Å². The van der Waals surface area contributed by atoms with E-state index in [1.807, 2.05) is 17.8 Å². The Morgan fingerprint density at radius 3 is 2.61 bits per heavy atom. The van der Waals surface area contributed by atoms with E-state index in [0.29, 0.717) is 0 Å². The normalized spacial score (nSPS) is 11.4. The Bertz CT molecular complexity index is 757. The van der Waals surface area contributed by atoms with Gasteiger partial charge in [-0.25, -0.2) is 4.98 Å². The maximum absolute atomic E-state index is 4.63. The second kappa shape index (κ2) is 7.66. The average Bonchev–Trinajstić information content (AvgIpc) is 3.01. The highest BCUT2D eigenvalue weighted by molar-refractivity contribution is 7.98. The molecule has 1 heterocycles. The second-order valence-corrected chi connectivity index (χ2v) is 7.41. The van der Waals surface area contributed by atoms with E-state index >= 15 is 0 Å². The third kappa shape index (κ3) is 4.15. The quantitative estimate of drug-likeness (QED) is 0.608. The summed E-state index contributed by atoms with van der Waals surface area (Å²) in [5.41, 5.74) is 3.53. The molecule has 0 saturated carbocycles. The highest BCUT2D eigenvalue weighted by atomic mass is 32.2. The fourth-order valence-corrected chi connectivity index (χ4v) is 3.65. The first kappa shape index (κ1) is 16.1. The topological polar surface area (TPSA) is 16.1 Å². The van der Waals surface area contributed by atoms with Crippen molar-refractivity contribution in [1.29, 1.82) is 0 Å². The number of anilines is 1. The van der Waals surface area contributed by atoms with E-state index in [-0.39, 0.29) is 0 Å². The molecule has 23 heavy (non-hydrogen) atoms. The molecule has 2 nitrogen and oxygen atoms in total. The Morgan fingerprint density at radius 1 is 1.09 bits per heavy atom. The van der Waals surface area contributed by atoms with Gasteiger partial charge in [0.15, 0.2) is 0 Å². The molecule has 0 spiro atoms. The summed E-state index contributed by atoms with van der Waals surface area (Å²) in [6.45, 7) is 1.07. The summed E-state index contributed by atoms with van der Waals surface area (Å²) in [7, 11) is 2.14. The van der Waals surface area contributed by atoms with Crippen molar-refractivity contribution >= 4 is 51.2 Å². The molecule has 0 amide bonds. The molecule has 0 atom stereocenters. The van der Waals surface area contributed by atoms with Gasteiger partial charge in [-0.15, -0.1) is 11.3 Å². The molecule has 0 aliphatic heterocycles. The van der Waals surface area contributed by atoms with Crippen LogP contribution in [0, 0.1) is 0 Å². The minimum Gasteiger partial charge on any atom is -0.374 e. The molecule has 0 unspecified atom stereocenters. The molecule has 0 radical (unpaired) electrons. The van der Waals surface area contributed by atoms with Crippen molar-refractivity contribution in [3.63, 3.8) is 0 Å². The summed E-state index contributed by atoms with van der Waals surface area (Å²) < 4.78 is 1.23. The lowest BCUT2D eigenvalue weighted by molar-refractivity contribution is 0.978. The summed E-state index contributed by atoms with van der Waals surface area (Å²) in [5, 5.41) is 1.05. The predicted octanol–water partition coefficient (Wildman–Crippen LogP) is 5.27. The lowest BCUT2D eigenvalue weighted by Gasteiger charge is -2.18. The van der Waals surface area contributed by atoms with Crippen molar-refractivity contribution in [2.24, 2.45) is 0 Å². The third-order valence-corrected chi connectivity index (χ3v) is 5.29. The SMILES string of the molecule is CSCCN(C)c1ccc(/C=C/c2nc3ccccc3s2)cc1. The van der Waals surface area contributed by atoms with Crippen molar-refractivity contribution in [1.82, 2.24) is 4.98 Å². The highest BCUT2D eigenvalue weighted by Gasteiger charge is 2.01. The highest BCUT2D eigenvalue weighted by Crippen LogP contribution is 2.23. The van der Waals surface area contributed by atoms with Gasteiger partial charge in [-0.05, 0) is 42.2 Å². The van der Waals surface area contributed by atoms with Crippen LogP contribution in [0.5, 0.6) is 0 Å². The van der Waals surface area contributed by atoms with E-state index in [9.17, 15) is 0 Å². The Labute approximate surface area is 145 Å². The Kier molecular flexibility index (Phi) is 5.36. The van der Waals surface area contributed by atoms with Gasteiger partial charge >= 0.3 is 0 Å². The average molecular weight is 341 g/mol. The van der Waals surface area contributed by atoms with E-state index in [2.05, 4.69) is 77.8 Å². The van der Waals surface area contributed by atoms with Crippen molar-refractivity contribution in [3.05, 3.63) is 59.1 Å². The molecule has 118 valence electrons. The molecule has 3 rings (SSSR count). The molecule has 0 fully saturated rings. The van der Waals surface area contributed by atoms with Crippen LogP contribution in [0.15, 0.2) is 48.5 Å². The number of aromatic nitrogens is 1. The maximum Gasteiger partial charge on any atom is 0.117 e. The molecule has 0 aliphatic rings. The van der Waals surface area contributed by atoms with E-state index in [0.717, 1.165) is 22.8 Å². The van der Waals surface area contributed by atoms with Crippen LogP contribution >= 0.6 is 23.1 Å². The van der Waals surface area contributed by atoms with Crippen molar-refractivity contribution in [2.75, 3.05) is 30.5 Å². The Balaban J connectivity index is 1.70. The van der Waals surface area contributed by atoms with Crippen LogP contribution in [0.3, 0.4) is 0 Å². The zero-order valence-corrected chi connectivity index (χ0v) is 15.0. The molecule has 3 aromatic rings. The lowest BCUT2D eigenvalue weighted by Crippen LogP contribution is -2.19. The van der Waals surface area contributed by atoms with E-state index in [1.165, 1.54) is 16.0 Å². The number of para-hydroxylation sites is 1. The zero-order chi connectivity index (χ0) is 16.1. The lowest BCUT2D eigenvalue weighted by atomic mass is 10.2. The Hall–Kier alpha value is -1.78. The first-order chi connectivity index (χ1) is 11.3. The number of rotatable bonds is 6. The molecule has 4 heteroatoms. The van der Waals surface area contributed by atoms with Crippen LogP contribution in [0.2, 0.25) is 0 Å². The minimum absolute atomic E-state index is 1.05. The Morgan fingerprint density at radius 2 is 1.87 bits per heavy atom. The first-order valence-electron chi connectivity index (χ1n) is 7.60. The molecule has 0 aliphatic carbocycles. The summed E-state index contributed by atoms with van der Waals surface area (Å²) in [4.78, 5) is 6.92. The van der Waals surface area contributed by atoms with Crippen LogP contribution in [0.25, 0.3) is 22.4 Å². The van der Waals surface area contributed by atoms with E-state index in [1.54, 1.807) is 11.3 Å². The van der Waals surface area contributed by atoms with Gasteiger partial charge in [-0.1, -0.05) is 30.3 Å². The molecule has 2 aromatic carbocycles. The van der Waals surface area contributed by atoms with Crippen LogP contribution in [-0.2, 0) is 0 Å². The number of thioether (sulfide) groups is 1. The monoisotopic (exact) mass is 340 g/mol. The van der Waals surface area contributed by atoms with Gasteiger partial charge in [0, 0.05) is 25.0 Å². The summed E-state index contributed by atoms with van der Waals surface area (Å²) in [5.74, 6) is 1.15. The van der Waals surface area contributed by atoms with E-state index < -0.39 is 0 Å². The van der Waals surface area contributed by atoms with Gasteiger partial charge in [-0.2, -0.15) is 11.8 Å². The largest absolute Gasteiger partial charge is 0.374 e. The molecule has 1 aromatic heterocycles. The third-order valence-electron chi connectivity index (χ3n) is 3.69. The predicted molar refractivity (Wildman–Crippen MR) is 107 cm³/mol. The molecule has 0 saturated heterocycles. The number of nitrogens with zero attached hydrogens (tertiary/aromatic N) is 2. The first-order valence-corrected chi connectivity index (χ1v) is 9.81. The van der Waals surface area contributed by atoms with Gasteiger partial charge in [0.25, 0.3) is 0 Å². The summed E-state index contributed by atoms with van der Waals surface area (Å²) in [6.07, 6.45) is 6.37. The number of hydrogen-bond acceptors (Lipinski definition) is 4. The number of thiazole rings is 1.